The van der Waals surface area contributed by atoms with Crippen LogP contribution < -0.4 is 10.1 Å². The second kappa shape index (κ2) is 7.12. The predicted molar refractivity (Wildman–Crippen MR) is 85.3 cm³/mol. The molecule has 0 aliphatic heterocycles. The molecule has 0 radical (unpaired) electrons. The first-order valence-corrected chi connectivity index (χ1v) is 7.99. The van der Waals surface area contributed by atoms with Crippen LogP contribution >= 0.6 is 0 Å². The molecule has 3 atom stereocenters. The summed E-state index contributed by atoms with van der Waals surface area (Å²) in [5.74, 6) is 2.70. The summed E-state index contributed by atoms with van der Waals surface area (Å²) in [6.45, 7) is 7.87. The number of rotatable bonds is 5. The van der Waals surface area contributed by atoms with Gasteiger partial charge in [-0.3, -0.25) is 0 Å². The van der Waals surface area contributed by atoms with Gasteiger partial charge in [0.15, 0.2) is 0 Å². The van der Waals surface area contributed by atoms with Crippen LogP contribution in [0.3, 0.4) is 0 Å². The van der Waals surface area contributed by atoms with Gasteiger partial charge in [-0.25, -0.2) is 0 Å². The highest BCUT2D eigenvalue weighted by Crippen LogP contribution is 2.30. The molecule has 1 saturated carbocycles. The molecular weight excluding hydrogens is 246 g/mol. The van der Waals surface area contributed by atoms with Gasteiger partial charge in [-0.15, -0.1) is 0 Å². The van der Waals surface area contributed by atoms with Crippen molar-refractivity contribution in [1.82, 2.24) is 5.32 Å². The van der Waals surface area contributed by atoms with E-state index in [0.717, 1.165) is 24.1 Å². The van der Waals surface area contributed by atoms with Crippen molar-refractivity contribution >= 4 is 0 Å². The minimum absolute atomic E-state index is 0.347. The molecule has 0 aromatic heterocycles. The van der Waals surface area contributed by atoms with Crippen LogP contribution in [-0.2, 0) is 0 Å². The Hall–Kier alpha value is -1.02. The van der Waals surface area contributed by atoms with Crippen LogP contribution in [0, 0.1) is 18.8 Å². The summed E-state index contributed by atoms with van der Waals surface area (Å²) in [7, 11) is 1.76. The quantitative estimate of drug-likeness (QED) is 0.855. The van der Waals surface area contributed by atoms with Crippen molar-refractivity contribution in [2.75, 3.05) is 13.7 Å². The van der Waals surface area contributed by atoms with Crippen molar-refractivity contribution in [2.24, 2.45) is 11.8 Å². The summed E-state index contributed by atoms with van der Waals surface area (Å²) in [6.07, 6.45) is 5.60. The molecule has 1 fully saturated rings. The normalized spacial score (nSPS) is 24.4. The van der Waals surface area contributed by atoms with Crippen molar-refractivity contribution in [3.8, 4) is 5.75 Å². The Kier molecular flexibility index (Phi) is 5.47. The lowest BCUT2D eigenvalue weighted by Gasteiger charge is -2.30. The molecule has 2 heteroatoms. The van der Waals surface area contributed by atoms with E-state index in [0.29, 0.717) is 6.04 Å². The standard InChI is InChI=1S/C18H29NO/c1-13-9-10-17(18(11-13)20-4)15(3)19-12-16-8-6-5-7-14(16)2/h9-11,14-16,19H,5-8,12H2,1-4H3. The van der Waals surface area contributed by atoms with Gasteiger partial charge in [-0.1, -0.05) is 38.3 Å². The number of hydrogen-bond acceptors (Lipinski definition) is 2. The van der Waals surface area contributed by atoms with Gasteiger partial charge in [0, 0.05) is 11.6 Å². The van der Waals surface area contributed by atoms with Crippen molar-refractivity contribution in [3.63, 3.8) is 0 Å². The third kappa shape index (κ3) is 3.76. The summed E-state index contributed by atoms with van der Waals surface area (Å²) in [5.41, 5.74) is 2.51. The minimum Gasteiger partial charge on any atom is -0.496 e. The van der Waals surface area contributed by atoms with Crippen molar-refractivity contribution < 1.29 is 4.74 Å². The largest absolute Gasteiger partial charge is 0.496 e. The number of benzene rings is 1. The Labute approximate surface area is 123 Å². The molecule has 0 bridgehead atoms. The number of ether oxygens (including phenoxy) is 1. The summed E-state index contributed by atoms with van der Waals surface area (Å²) in [4.78, 5) is 0. The fraction of sp³-hybridized carbons (Fsp3) is 0.667. The third-order valence-electron chi connectivity index (χ3n) is 4.83. The van der Waals surface area contributed by atoms with E-state index < -0.39 is 0 Å². The first kappa shape index (κ1) is 15.4. The highest BCUT2D eigenvalue weighted by molar-refractivity contribution is 5.39. The number of methoxy groups -OCH3 is 1. The van der Waals surface area contributed by atoms with E-state index in [9.17, 15) is 0 Å². The van der Waals surface area contributed by atoms with E-state index in [1.807, 2.05) is 0 Å². The van der Waals surface area contributed by atoms with Gasteiger partial charge in [0.25, 0.3) is 0 Å². The van der Waals surface area contributed by atoms with E-state index in [4.69, 9.17) is 4.74 Å². The number of nitrogens with one attached hydrogen (secondary N) is 1. The average molecular weight is 275 g/mol. The summed E-state index contributed by atoms with van der Waals surface area (Å²) < 4.78 is 5.52. The maximum Gasteiger partial charge on any atom is 0.123 e. The zero-order valence-corrected chi connectivity index (χ0v) is 13.4. The second-order valence-electron chi connectivity index (χ2n) is 6.40. The molecule has 0 heterocycles. The first-order chi connectivity index (χ1) is 9.61. The van der Waals surface area contributed by atoms with Gasteiger partial charge in [-0.05, 0) is 50.3 Å². The SMILES string of the molecule is COc1cc(C)ccc1C(C)NCC1CCCCC1C. The molecule has 20 heavy (non-hydrogen) atoms. The molecule has 2 nitrogen and oxygen atoms in total. The second-order valence-corrected chi connectivity index (χ2v) is 6.40. The summed E-state index contributed by atoms with van der Waals surface area (Å²) in [6, 6.07) is 6.83. The molecule has 2 rings (SSSR count). The molecule has 0 amide bonds. The average Bonchev–Trinajstić information content (AvgIpc) is 2.46. The molecule has 112 valence electrons. The first-order valence-electron chi connectivity index (χ1n) is 7.99. The molecule has 0 saturated heterocycles. The molecule has 3 unspecified atom stereocenters. The van der Waals surface area contributed by atoms with Crippen LogP contribution in [0.15, 0.2) is 18.2 Å². The van der Waals surface area contributed by atoms with E-state index in [2.05, 4.69) is 44.3 Å². The Balaban J connectivity index is 1.96. The lowest BCUT2D eigenvalue weighted by atomic mass is 9.80. The van der Waals surface area contributed by atoms with Gasteiger partial charge in [-0.2, -0.15) is 0 Å². The number of aryl methyl sites for hydroxylation is 1. The van der Waals surface area contributed by atoms with E-state index in [1.54, 1.807) is 7.11 Å². The maximum absolute atomic E-state index is 5.52. The Morgan fingerprint density at radius 2 is 2.05 bits per heavy atom. The highest BCUT2D eigenvalue weighted by Gasteiger charge is 2.22. The van der Waals surface area contributed by atoms with Gasteiger partial charge < -0.3 is 10.1 Å². The Morgan fingerprint density at radius 3 is 2.75 bits per heavy atom. The molecule has 1 aliphatic rings. The van der Waals surface area contributed by atoms with E-state index in [-0.39, 0.29) is 0 Å². The summed E-state index contributed by atoms with van der Waals surface area (Å²) >= 11 is 0. The smallest absolute Gasteiger partial charge is 0.123 e. The van der Waals surface area contributed by atoms with Crippen LogP contribution in [0.5, 0.6) is 5.75 Å². The van der Waals surface area contributed by atoms with Crippen LogP contribution in [0.4, 0.5) is 0 Å². The van der Waals surface area contributed by atoms with Crippen LogP contribution in [0.2, 0.25) is 0 Å². The van der Waals surface area contributed by atoms with Crippen LogP contribution in [0.1, 0.15) is 56.7 Å². The highest BCUT2D eigenvalue weighted by atomic mass is 16.5. The monoisotopic (exact) mass is 275 g/mol. The summed E-state index contributed by atoms with van der Waals surface area (Å²) in [5, 5.41) is 3.71. The lowest BCUT2D eigenvalue weighted by molar-refractivity contribution is 0.242. The van der Waals surface area contributed by atoms with Crippen molar-refractivity contribution in [1.29, 1.82) is 0 Å². The molecule has 1 aromatic carbocycles. The fourth-order valence-electron chi connectivity index (χ4n) is 3.31. The zero-order valence-electron chi connectivity index (χ0n) is 13.4. The Morgan fingerprint density at radius 1 is 1.30 bits per heavy atom. The van der Waals surface area contributed by atoms with E-state index in [1.165, 1.54) is 36.8 Å². The minimum atomic E-state index is 0.347. The van der Waals surface area contributed by atoms with Gasteiger partial charge in [0.05, 0.1) is 7.11 Å². The van der Waals surface area contributed by atoms with E-state index >= 15 is 0 Å². The Bertz CT molecular complexity index is 429. The zero-order chi connectivity index (χ0) is 14.5. The molecule has 1 aliphatic carbocycles. The molecular formula is C18H29NO. The van der Waals surface area contributed by atoms with Crippen molar-refractivity contribution in [2.45, 2.75) is 52.5 Å². The van der Waals surface area contributed by atoms with Gasteiger partial charge in [0.1, 0.15) is 5.75 Å². The van der Waals surface area contributed by atoms with Crippen LogP contribution in [0.25, 0.3) is 0 Å². The molecule has 0 spiro atoms. The number of hydrogen-bond donors (Lipinski definition) is 1. The molecule has 1 N–H and O–H groups in total. The maximum atomic E-state index is 5.52. The van der Waals surface area contributed by atoms with Crippen LogP contribution in [-0.4, -0.2) is 13.7 Å². The third-order valence-corrected chi connectivity index (χ3v) is 4.83. The predicted octanol–water partition coefficient (Wildman–Crippen LogP) is 4.48. The lowest BCUT2D eigenvalue weighted by Crippen LogP contribution is -2.31. The van der Waals surface area contributed by atoms with Gasteiger partial charge in [0.2, 0.25) is 0 Å². The van der Waals surface area contributed by atoms with Gasteiger partial charge >= 0.3 is 0 Å². The topological polar surface area (TPSA) is 21.3 Å². The molecule has 1 aromatic rings. The van der Waals surface area contributed by atoms with Crippen molar-refractivity contribution in [3.05, 3.63) is 29.3 Å². The fourth-order valence-corrected chi connectivity index (χ4v) is 3.31.